The Morgan fingerprint density at radius 1 is 1.60 bits per heavy atom. The van der Waals surface area contributed by atoms with Crippen LogP contribution in [0.3, 0.4) is 0 Å². The second-order valence-electron chi connectivity index (χ2n) is 4.31. The molecule has 2 N–H and O–H groups in total. The zero-order valence-corrected chi connectivity index (χ0v) is 10.0. The number of thioether (sulfide) groups is 1. The van der Waals surface area contributed by atoms with Crippen molar-refractivity contribution in [2.24, 2.45) is 18.7 Å². The summed E-state index contributed by atoms with van der Waals surface area (Å²) in [4.78, 5) is 0. The largest absolute Gasteiger partial charge is 0.323 e. The van der Waals surface area contributed by atoms with E-state index >= 15 is 0 Å². The van der Waals surface area contributed by atoms with Crippen molar-refractivity contribution in [3.63, 3.8) is 0 Å². The van der Waals surface area contributed by atoms with Gasteiger partial charge in [0.2, 0.25) is 0 Å². The molecule has 84 valence electrons. The van der Waals surface area contributed by atoms with Gasteiger partial charge in [-0.15, -0.1) is 0 Å². The molecule has 0 radical (unpaired) electrons. The topological polar surface area (TPSA) is 43.8 Å². The first-order valence-corrected chi connectivity index (χ1v) is 6.74. The Bertz CT molecular complexity index is 305. The molecule has 1 aromatic heterocycles. The molecule has 1 atom stereocenters. The first kappa shape index (κ1) is 11.0. The summed E-state index contributed by atoms with van der Waals surface area (Å²) in [5.41, 5.74) is 7.19. The molecule has 1 aliphatic rings. The standard InChI is InChI=1S/C11H19N3S/c1-14-5-2-11(13-14)10(12)8-9-3-6-15-7-4-9/h2,5,9-10H,3-4,6-8,12H2,1H3. The Labute approximate surface area is 95.4 Å². The lowest BCUT2D eigenvalue weighted by Crippen LogP contribution is -2.19. The fourth-order valence-corrected chi connectivity index (χ4v) is 3.30. The summed E-state index contributed by atoms with van der Waals surface area (Å²) in [6.07, 6.45) is 5.71. The highest BCUT2D eigenvalue weighted by atomic mass is 32.2. The summed E-state index contributed by atoms with van der Waals surface area (Å²) < 4.78 is 1.83. The van der Waals surface area contributed by atoms with Crippen LogP contribution in [0.5, 0.6) is 0 Å². The summed E-state index contributed by atoms with van der Waals surface area (Å²) in [5, 5.41) is 4.36. The van der Waals surface area contributed by atoms with Gasteiger partial charge in [-0.2, -0.15) is 16.9 Å². The Morgan fingerprint density at radius 3 is 2.93 bits per heavy atom. The molecule has 1 unspecified atom stereocenters. The average Bonchev–Trinajstić information content (AvgIpc) is 2.66. The molecule has 0 amide bonds. The minimum atomic E-state index is 0.124. The van der Waals surface area contributed by atoms with E-state index in [9.17, 15) is 0 Å². The minimum Gasteiger partial charge on any atom is -0.323 e. The van der Waals surface area contributed by atoms with Crippen molar-refractivity contribution in [3.8, 4) is 0 Å². The quantitative estimate of drug-likeness (QED) is 0.855. The number of aryl methyl sites for hydroxylation is 1. The number of nitrogens with zero attached hydrogens (tertiary/aromatic N) is 2. The van der Waals surface area contributed by atoms with Gasteiger partial charge in [0, 0.05) is 19.3 Å². The van der Waals surface area contributed by atoms with Crippen LogP contribution in [0.2, 0.25) is 0 Å². The van der Waals surface area contributed by atoms with E-state index in [1.54, 1.807) is 0 Å². The first-order chi connectivity index (χ1) is 7.25. The number of hydrogen-bond donors (Lipinski definition) is 1. The predicted octanol–water partition coefficient (Wildman–Crippen LogP) is 1.95. The summed E-state index contributed by atoms with van der Waals surface area (Å²) >= 11 is 2.07. The molecule has 0 saturated carbocycles. The van der Waals surface area contributed by atoms with Crippen LogP contribution < -0.4 is 5.73 Å². The highest BCUT2D eigenvalue weighted by molar-refractivity contribution is 7.99. The zero-order valence-electron chi connectivity index (χ0n) is 9.22. The number of nitrogens with two attached hydrogens (primary N) is 1. The predicted molar refractivity (Wildman–Crippen MR) is 64.8 cm³/mol. The van der Waals surface area contributed by atoms with E-state index < -0.39 is 0 Å². The van der Waals surface area contributed by atoms with Crippen LogP contribution in [0.1, 0.15) is 31.0 Å². The van der Waals surface area contributed by atoms with Crippen molar-refractivity contribution in [3.05, 3.63) is 18.0 Å². The molecule has 1 fully saturated rings. The molecule has 2 rings (SSSR count). The lowest BCUT2D eigenvalue weighted by Gasteiger charge is -2.23. The second-order valence-corrected chi connectivity index (χ2v) is 5.54. The molecule has 0 aliphatic carbocycles. The van der Waals surface area contributed by atoms with Crippen molar-refractivity contribution in [1.29, 1.82) is 0 Å². The van der Waals surface area contributed by atoms with E-state index in [0.717, 1.165) is 18.0 Å². The van der Waals surface area contributed by atoms with Crippen molar-refractivity contribution in [2.75, 3.05) is 11.5 Å². The van der Waals surface area contributed by atoms with Gasteiger partial charge in [0.25, 0.3) is 0 Å². The molecule has 15 heavy (non-hydrogen) atoms. The van der Waals surface area contributed by atoms with Crippen LogP contribution in [0.15, 0.2) is 12.3 Å². The number of aromatic nitrogens is 2. The van der Waals surface area contributed by atoms with E-state index in [1.165, 1.54) is 24.3 Å². The molecular formula is C11H19N3S. The van der Waals surface area contributed by atoms with Crippen LogP contribution in [0.4, 0.5) is 0 Å². The van der Waals surface area contributed by atoms with E-state index in [-0.39, 0.29) is 6.04 Å². The van der Waals surface area contributed by atoms with Gasteiger partial charge in [-0.05, 0) is 42.8 Å². The Balaban J connectivity index is 1.88. The molecule has 4 heteroatoms. The van der Waals surface area contributed by atoms with Gasteiger partial charge in [0.05, 0.1) is 5.69 Å². The van der Waals surface area contributed by atoms with E-state index in [4.69, 9.17) is 5.73 Å². The van der Waals surface area contributed by atoms with Gasteiger partial charge in [-0.25, -0.2) is 0 Å². The SMILES string of the molecule is Cn1ccc(C(N)CC2CCSCC2)n1. The van der Waals surface area contributed by atoms with Crippen LogP contribution in [0, 0.1) is 5.92 Å². The van der Waals surface area contributed by atoms with Gasteiger partial charge in [-0.1, -0.05) is 0 Å². The first-order valence-electron chi connectivity index (χ1n) is 5.58. The summed E-state index contributed by atoms with van der Waals surface area (Å²) in [6.45, 7) is 0. The van der Waals surface area contributed by atoms with Gasteiger partial charge in [-0.3, -0.25) is 4.68 Å². The van der Waals surface area contributed by atoms with Crippen molar-refractivity contribution < 1.29 is 0 Å². The lowest BCUT2D eigenvalue weighted by atomic mass is 9.93. The van der Waals surface area contributed by atoms with Crippen molar-refractivity contribution in [1.82, 2.24) is 9.78 Å². The fourth-order valence-electron chi connectivity index (χ4n) is 2.09. The molecule has 2 heterocycles. The van der Waals surface area contributed by atoms with Crippen LogP contribution in [-0.2, 0) is 7.05 Å². The summed E-state index contributed by atoms with van der Waals surface area (Å²) in [7, 11) is 1.94. The molecule has 0 bridgehead atoms. The lowest BCUT2D eigenvalue weighted by molar-refractivity contribution is 0.408. The minimum absolute atomic E-state index is 0.124. The molecular weight excluding hydrogens is 206 g/mol. The second kappa shape index (κ2) is 5.03. The Morgan fingerprint density at radius 2 is 2.33 bits per heavy atom. The van der Waals surface area contributed by atoms with Crippen LogP contribution in [-0.4, -0.2) is 21.3 Å². The van der Waals surface area contributed by atoms with Crippen LogP contribution >= 0.6 is 11.8 Å². The number of hydrogen-bond acceptors (Lipinski definition) is 3. The van der Waals surface area contributed by atoms with Crippen molar-refractivity contribution >= 4 is 11.8 Å². The average molecular weight is 225 g/mol. The highest BCUT2D eigenvalue weighted by Gasteiger charge is 2.18. The Kier molecular flexibility index (Phi) is 3.70. The third-order valence-electron chi connectivity index (χ3n) is 3.04. The highest BCUT2D eigenvalue weighted by Crippen LogP contribution is 2.29. The molecule has 1 saturated heterocycles. The van der Waals surface area contributed by atoms with Crippen LogP contribution in [0.25, 0.3) is 0 Å². The fraction of sp³-hybridized carbons (Fsp3) is 0.727. The summed E-state index contributed by atoms with van der Waals surface area (Å²) in [6, 6.07) is 2.15. The smallest absolute Gasteiger partial charge is 0.0791 e. The van der Waals surface area contributed by atoms with Crippen molar-refractivity contribution in [2.45, 2.75) is 25.3 Å². The normalized spacial score (nSPS) is 20.4. The molecule has 0 aromatic carbocycles. The Hall–Kier alpha value is -0.480. The van der Waals surface area contributed by atoms with E-state index in [1.807, 2.05) is 24.0 Å². The van der Waals surface area contributed by atoms with Gasteiger partial charge >= 0.3 is 0 Å². The van der Waals surface area contributed by atoms with E-state index in [0.29, 0.717) is 0 Å². The van der Waals surface area contributed by atoms with Gasteiger partial charge in [0.1, 0.15) is 0 Å². The third-order valence-corrected chi connectivity index (χ3v) is 4.09. The molecule has 3 nitrogen and oxygen atoms in total. The maximum Gasteiger partial charge on any atom is 0.0791 e. The molecule has 1 aliphatic heterocycles. The third kappa shape index (κ3) is 2.98. The molecule has 1 aromatic rings. The van der Waals surface area contributed by atoms with E-state index in [2.05, 4.69) is 16.9 Å². The maximum atomic E-state index is 6.16. The molecule has 0 spiro atoms. The summed E-state index contributed by atoms with van der Waals surface area (Å²) in [5.74, 6) is 3.42. The monoisotopic (exact) mass is 225 g/mol. The maximum absolute atomic E-state index is 6.16. The van der Waals surface area contributed by atoms with Gasteiger partial charge < -0.3 is 5.73 Å². The van der Waals surface area contributed by atoms with Gasteiger partial charge in [0.15, 0.2) is 0 Å². The zero-order chi connectivity index (χ0) is 10.7. The number of rotatable bonds is 3.